The number of nitro groups is 1. The molecule has 8 nitrogen and oxygen atoms in total. The highest BCUT2D eigenvalue weighted by molar-refractivity contribution is 6.00. The molecule has 0 atom stereocenters. The second-order valence-corrected chi connectivity index (χ2v) is 7.11. The molecule has 0 radical (unpaired) electrons. The van der Waals surface area contributed by atoms with Crippen LogP contribution in [0, 0.1) is 10.1 Å². The van der Waals surface area contributed by atoms with Gasteiger partial charge in [0.1, 0.15) is 17.2 Å². The van der Waals surface area contributed by atoms with Gasteiger partial charge >= 0.3 is 0 Å². The Labute approximate surface area is 167 Å². The topological polar surface area (TPSA) is 86.8 Å². The van der Waals surface area contributed by atoms with Crippen LogP contribution >= 0.6 is 0 Å². The van der Waals surface area contributed by atoms with E-state index in [1.54, 1.807) is 25.3 Å². The van der Waals surface area contributed by atoms with Gasteiger partial charge in [-0.1, -0.05) is 0 Å². The quantitative estimate of drug-likeness (QED) is 0.371. The van der Waals surface area contributed by atoms with Gasteiger partial charge in [0.25, 0.3) is 5.69 Å². The van der Waals surface area contributed by atoms with E-state index in [1.165, 1.54) is 13.2 Å². The number of benzene rings is 2. The summed E-state index contributed by atoms with van der Waals surface area (Å²) in [6.07, 6.45) is 2.00. The van der Waals surface area contributed by atoms with E-state index in [4.69, 9.17) is 9.47 Å². The first-order valence-electron chi connectivity index (χ1n) is 9.65. The van der Waals surface area contributed by atoms with Crippen LogP contribution in [0.25, 0.3) is 21.8 Å². The predicted molar refractivity (Wildman–Crippen MR) is 113 cm³/mol. The van der Waals surface area contributed by atoms with E-state index in [0.29, 0.717) is 45.5 Å². The number of ether oxygens (including phenoxy) is 2. The van der Waals surface area contributed by atoms with Crippen LogP contribution in [0.5, 0.6) is 11.5 Å². The monoisotopic (exact) mass is 397 g/mol. The van der Waals surface area contributed by atoms with Crippen molar-refractivity contribution in [2.45, 2.75) is 26.3 Å². The molecule has 0 spiro atoms. The molecule has 8 heteroatoms. The van der Waals surface area contributed by atoms with Crippen molar-refractivity contribution in [3.63, 3.8) is 0 Å². The number of methoxy groups -OCH3 is 2. The molecule has 1 aromatic heterocycles. The molecule has 2 heterocycles. The molecule has 0 saturated carbocycles. The summed E-state index contributed by atoms with van der Waals surface area (Å²) in [4.78, 5) is 26.8. The lowest BCUT2D eigenvalue weighted by molar-refractivity contribution is -0.384. The Morgan fingerprint density at radius 2 is 1.79 bits per heavy atom. The normalized spacial score (nSPS) is 14.0. The summed E-state index contributed by atoms with van der Waals surface area (Å²) < 4.78 is 12.8. The minimum absolute atomic E-state index is 0.0361. The lowest BCUT2D eigenvalue weighted by Gasteiger charge is -2.21. The number of nitrogens with zero attached hydrogens (tertiary/aromatic N) is 3. The maximum absolute atomic E-state index is 13.4. The van der Waals surface area contributed by atoms with Gasteiger partial charge in [-0.15, -0.1) is 0 Å². The molecule has 4 rings (SSSR count). The third-order valence-electron chi connectivity index (χ3n) is 5.62. The molecule has 0 aliphatic carbocycles. The van der Waals surface area contributed by atoms with Crippen LogP contribution in [0.4, 0.5) is 11.4 Å². The molecule has 1 fully saturated rings. The highest BCUT2D eigenvalue weighted by atomic mass is 16.6. The van der Waals surface area contributed by atoms with Crippen LogP contribution in [-0.2, 0) is 6.54 Å². The number of aromatic nitrogens is 1. The number of hydrogen-bond acceptors (Lipinski definition) is 6. The maximum atomic E-state index is 13.4. The van der Waals surface area contributed by atoms with Gasteiger partial charge in [0.15, 0.2) is 0 Å². The number of aryl methyl sites for hydroxylation is 1. The third-order valence-corrected chi connectivity index (χ3v) is 5.62. The van der Waals surface area contributed by atoms with Crippen molar-refractivity contribution in [1.29, 1.82) is 0 Å². The summed E-state index contributed by atoms with van der Waals surface area (Å²) in [6.45, 7) is 4.11. The van der Waals surface area contributed by atoms with Crippen LogP contribution in [-0.4, -0.2) is 36.8 Å². The summed E-state index contributed by atoms with van der Waals surface area (Å²) in [5.41, 5.74) is 1.60. The summed E-state index contributed by atoms with van der Waals surface area (Å²) in [5, 5.41) is 12.5. The molecule has 1 aliphatic heterocycles. The second-order valence-electron chi connectivity index (χ2n) is 7.11. The molecule has 1 aliphatic rings. The van der Waals surface area contributed by atoms with Crippen molar-refractivity contribution in [3.8, 4) is 11.5 Å². The number of pyridine rings is 1. The summed E-state index contributed by atoms with van der Waals surface area (Å²) in [5.74, 6) is 0.969. The molecule has 1 saturated heterocycles. The molecular weight excluding hydrogens is 374 g/mol. The van der Waals surface area contributed by atoms with Crippen LogP contribution in [0.1, 0.15) is 19.8 Å². The fourth-order valence-corrected chi connectivity index (χ4v) is 4.23. The standard InChI is InChI=1S/C21H23N3O5/c1-4-23-15-12-16(22-7-5-6-8-22)17(24(26)27)11-14(15)21(25)20-18(23)9-13(28-2)10-19(20)29-3/h9-12H,4-8H2,1-3H3. The first-order valence-corrected chi connectivity index (χ1v) is 9.65. The first-order chi connectivity index (χ1) is 14.0. The zero-order valence-corrected chi connectivity index (χ0v) is 16.7. The largest absolute Gasteiger partial charge is 0.497 e. The lowest BCUT2D eigenvalue weighted by atomic mass is 10.1. The van der Waals surface area contributed by atoms with Gasteiger partial charge in [-0.25, -0.2) is 0 Å². The van der Waals surface area contributed by atoms with Crippen molar-refractivity contribution in [3.05, 3.63) is 44.6 Å². The van der Waals surface area contributed by atoms with Crippen LogP contribution < -0.4 is 19.8 Å². The van der Waals surface area contributed by atoms with E-state index in [0.717, 1.165) is 25.9 Å². The van der Waals surface area contributed by atoms with Gasteiger partial charge in [-0.3, -0.25) is 14.9 Å². The van der Waals surface area contributed by atoms with Gasteiger partial charge in [0.2, 0.25) is 5.43 Å². The SMILES string of the molecule is CCn1c2cc(N3CCCC3)c([N+](=O)[O-])cc2c(=O)c2c(OC)cc(OC)cc21. The maximum Gasteiger partial charge on any atom is 0.293 e. The molecule has 29 heavy (non-hydrogen) atoms. The number of nitro benzene ring substituents is 1. The van der Waals surface area contributed by atoms with E-state index in [2.05, 4.69) is 0 Å². The van der Waals surface area contributed by atoms with Crippen LogP contribution in [0.2, 0.25) is 0 Å². The van der Waals surface area contributed by atoms with E-state index >= 15 is 0 Å². The average molecular weight is 397 g/mol. The van der Waals surface area contributed by atoms with Crippen molar-refractivity contribution in [2.24, 2.45) is 0 Å². The molecule has 0 unspecified atom stereocenters. The highest BCUT2D eigenvalue weighted by Crippen LogP contribution is 2.37. The molecule has 3 aromatic rings. The van der Waals surface area contributed by atoms with E-state index in [9.17, 15) is 14.9 Å². The number of hydrogen-bond donors (Lipinski definition) is 0. The molecule has 0 bridgehead atoms. The molecule has 0 amide bonds. The van der Waals surface area contributed by atoms with Crippen LogP contribution in [0.3, 0.4) is 0 Å². The van der Waals surface area contributed by atoms with Crippen molar-refractivity contribution < 1.29 is 14.4 Å². The van der Waals surface area contributed by atoms with Crippen molar-refractivity contribution in [2.75, 3.05) is 32.2 Å². The smallest absolute Gasteiger partial charge is 0.293 e. The Kier molecular flexibility index (Phi) is 4.77. The molecule has 2 aromatic carbocycles. The first kappa shape index (κ1) is 19.0. The fourth-order valence-electron chi connectivity index (χ4n) is 4.23. The Morgan fingerprint density at radius 3 is 2.38 bits per heavy atom. The summed E-state index contributed by atoms with van der Waals surface area (Å²) in [6, 6.07) is 6.66. The number of anilines is 1. The number of rotatable bonds is 5. The van der Waals surface area contributed by atoms with Crippen LogP contribution in [0.15, 0.2) is 29.1 Å². The predicted octanol–water partition coefficient (Wildman–Crippen LogP) is 3.70. The summed E-state index contributed by atoms with van der Waals surface area (Å²) >= 11 is 0. The van der Waals surface area contributed by atoms with E-state index in [1.807, 2.05) is 16.4 Å². The molecule has 0 N–H and O–H groups in total. The van der Waals surface area contributed by atoms with Gasteiger partial charge in [0, 0.05) is 37.8 Å². The zero-order valence-electron chi connectivity index (χ0n) is 16.7. The zero-order chi connectivity index (χ0) is 20.7. The van der Waals surface area contributed by atoms with E-state index < -0.39 is 4.92 Å². The number of fused-ring (bicyclic) bond motifs is 2. The minimum atomic E-state index is -0.404. The molecule has 152 valence electrons. The van der Waals surface area contributed by atoms with E-state index in [-0.39, 0.29) is 11.1 Å². The Morgan fingerprint density at radius 1 is 1.07 bits per heavy atom. The minimum Gasteiger partial charge on any atom is -0.497 e. The lowest BCUT2D eigenvalue weighted by Crippen LogP contribution is -2.20. The van der Waals surface area contributed by atoms with Crippen molar-refractivity contribution >= 4 is 33.2 Å². The Balaban J connectivity index is 2.17. The van der Waals surface area contributed by atoms with Gasteiger partial charge in [-0.05, 0) is 25.8 Å². The molecular formula is C21H23N3O5. The average Bonchev–Trinajstić information content (AvgIpc) is 3.27. The Bertz CT molecular complexity index is 1180. The van der Waals surface area contributed by atoms with Gasteiger partial charge in [0.05, 0.1) is 40.9 Å². The van der Waals surface area contributed by atoms with Crippen molar-refractivity contribution in [1.82, 2.24) is 4.57 Å². The third kappa shape index (κ3) is 2.95. The Hall–Kier alpha value is -3.29. The van der Waals surface area contributed by atoms with Gasteiger partial charge < -0.3 is 18.9 Å². The van der Waals surface area contributed by atoms with Gasteiger partial charge in [-0.2, -0.15) is 0 Å². The fraction of sp³-hybridized carbons (Fsp3) is 0.381. The highest BCUT2D eigenvalue weighted by Gasteiger charge is 2.26. The second kappa shape index (κ2) is 7.27. The summed E-state index contributed by atoms with van der Waals surface area (Å²) in [7, 11) is 3.05.